The highest BCUT2D eigenvalue weighted by atomic mass is 32.2. The molecule has 17 nitrogen and oxygen atoms in total. The van der Waals surface area contributed by atoms with Crippen molar-refractivity contribution < 1.29 is 51.8 Å². The first-order valence-corrected chi connectivity index (χ1v) is 15.4. The molecule has 43 heavy (non-hydrogen) atoms. The number of urea groups is 2. The molecule has 0 aliphatic carbocycles. The predicted octanol–water partition coefficient (Wildman–Crippen LogP) is -1.49. The van der Waals surface area contributed by atoms with E-state index < -0.39 is 75.2 Å². The number of thioether (sulfide) groups is 1. The number of sulfonamides is 1. The van der Waals surface area contributed by atoms with Gasteiger partial charge in [0.1, 0.15) is 23.2 Å². The molecule has 1 aromatic rings. The molecule has 2 saturated heterocycles. The number of fused-ring (bicyclic) bond motifs is 1. The van der Waals surface area contributed by atoms with Gasteiger partial charge in [0.15, 0.2) is 0 Å². The number of carbonyl (C=O) groups excluding carboxylic acids is 6. The molecule has 2 unspecified atom stereocenters. The van der Waals surface area contributed by atoms with Crippen molar-refractivity contribution in [2.75, 3.05) is 25.1 Å². The first-order valence-electron chi connectivity index (χ1n) is 12.5. The number of nitrogens with one attached hydrogen (secondary N) is 3. The predicted molar refractivity (Wildman–Crippen MR) is 146 cm³/mol. The number of β-lactam (4-membered cyclic amide) rings is 1. The lowest BCUT2D eigenvalue weighted by molar-refractivity contribution is -0.152. The van der Waals surface area contributed by atoms with E-state index in [0.29, 0.717) is 9.21 Å². The molecule has 3 heterocycles. The van der Waals surface area contributed by atoms with Gasteiger partial charge in [0.2, 0.25) is 28.6 Å². The second-order valence-electron chi connectivity index (χ2n) is 9.41. The topological polar surface area (TPSA) is 229 Å². The third-order valence-electron chi connectivity index (χ3n) is 6.60. The van der Waals surface area contributed by atoms with Gasteiger partial charge in [-0.3, -0.25) is 24.1 Å². The highest BCUT2D eigenvalue weighted by Crippen LogP contribution is 2.41. The van der Waals surface area contributed by atoms with Crippen molar-refractivity contribution in [2.45, 2.75) is 30.6 Å². The summed E-state index contributed by atoms with van der Waals surface area (Å²) in [5, 5.41) is 16.1. The van der Waals surface area contributed by atoms with Crippen LogP contribution in [0.25, 0.3) is 0 Å². The normalized spacial score (nSPS) is 21.3. The Labute approximate surface area is 248 Å². The van der Waals surface area contributed by atoms with Gasteiger partial charge in [-0.25, -0.2) is 32.0 Å². The van der Waals surface area contributed by atoms with Gasteiger partial charge in [-0.2, -0.15) is 0 Å². The van der Waals surface area contributed by atoms with E-state index in [1.54, 1.807) is 18.2 Å². The van der Waals surface area contributed by atoms with Crippen LogP contribution in [0.15, 0.2) is 41.6 Å². The molecule has 1 aromatic carbocycles. The van der Waals surface area contributed by atoms with Gasteiger partial charge in [0, 0.05) is 18.2 Å². The van der Waals surface area contributed by atoms with E-state index in [2.05, 4.69) is 16.0 Å². The number of rotatable bonds is 10. The highest BCUT2D eigenvalue weighted by Gasteiger charge is 2.55. The third kappa shape index (κ3) is 6.26. The lowest BCUT2D eigenvalue weighted by Gasteiger charge is -2.50. The first-order chi connectivity index (χ1) is 20.3. The minimum atomic E-state index is -3.93. The summed E-state index contributed by atoms with van der Waals surface area (Å²) in [6.45, 7) is 0.541. The lowest BCUT2D eigenvalue weighted by Crippen LogP contribution is -2.71. The summed E-state index contributed by atoms with van der Waals surface area (Å²) in [5.41, 5.74) is -0.296. The fraction of sp³-hybridized carbons (Fsp3) is 0.375. The third-order valence-corrected chi connectivity index (χ3v) is 9.04. The van der Waals surface area contributed by atoms with Crippen LogP contribution in [0.4, 0.5) is 9.59 Å². The average Bonchev–Trinajstić information content (AvgIpc) is 3.35. The van der Waals surface area contributed by atoms with E-state index in [4.69, 9.17) is 4.74 Å². The number of benzene rings is 1. The maximum atomic E-state index is 13.5. The molecule has 0 bridgehead atoms. The molecule has 0 spiro atoms. The van der Waals surface area contributed by atoms with E-state index in [0.717, 1.165) is 29.8 Å². The minimum absolute atomic E-state index is 0.0537. The SMILES string of the molecule is CC(=O)OC(NC=O)C1=C(C(=O)O)N2C(=O)[C@H](NC(=O)C(NC(=O)N3CCN(S(C)(=O)=O)C3=O)c3ccccc3)[C@H]2SC1. The fourth-order valence-electron chi connectivity index (χ4n) is 4.67. The smallest absolute Gasteiger partial charge is 0.352 e. The van der Waals surface area contributed by atoms with Gasteiger partial charge in [-0.15, -0.1) is 11.8 Å². The van der Waals surface area contributed by atoms with Crippen LogP contribution in [-0.4, -0.2) is 113 Å². The lowest BCUT2D eigenvalue weighted by atomic mass is 10.0. The Morgan fingerprint density at radius 3 is 2.37 bits per heavy atom. The van der Waals surface area contributed by atoms with E-state index in [9.17, 15) is 47.1 Å². The first kappa shape index (κ1) is 31.3. The molecule has 4 rings (SSSR count). The summed E-state index contributed by atoms with van der Waals surface area (Å²) in [6.07, 6.45) is -0.414. The average molecular weight is 639 g/mol. The zero-order valence-electron chi connectivity index (χ0n) is 22.6. The Bertz CT molecular complexity index is 1520. The van der Waals surface area contributed by atoms with Gasteiger partial charge in [-0.1, -0.05) is 30.3 Å². The van der Waals surface area contributed by atoms with Crippen molar-refractivity contribution in [3.05, 3.63) is 47.2 Å². The van der Waals surface area contributed by atoms with Crippen LogP contribution in [0.5, 0.6) is 0 Å². The van der Waals surface area contributed by atoms with Crippen LogP contribution in [0.3, 0.4) is 0 Å². The number of carboxylic acids is 1. The summed E-state index contributed by atoms with van der Waals surface area (Å²) >= 11 is 1.04. The van der Waals surface area contributed by atoms with Crippen LogP contribution in [0.1, 0.15) is 18.5 Å². The summed E-state index contributed by atoms with van der Waals surface area (Å²) < 4.78 is 29.2. The largest absolute Gasteiger partial charge is 0.477 e. The number of ether oxygens (including phenoxy) is 1. The molecule has 0 aromatic heterocycles. The summed E-state index contributed by atoms with van der Waals surface area (Å²) in [6, 6.07) is 3.05. The Hall–Kier alpha value is -4.65. The molecular weight excluding hydrogens is 612 g/mol. The number of nitrogens with zero attached hydrogens (tertiary/aromatic N) is 3. The van der Waals surface area contributed by atoms with Gasteiger partial charge in [0.05, 0.1) is 19.3 Å². The molecule has 19 heteroatoms. The standard InChI is InChI=1S/C24H26N6O11S2/c1-12(32)41-19(25-11-31)14-10-42-21-16(20(34)30(21)17(14)22(35)36)26-18(33)15(13-6-4-3-5-7-13)27-23(37)28-8-9-29(24(28)38)43(2,39)40/h3-7,11,15-16,19,21H,8-10H2,1-2H3,(H,25,31)(H,26,33)(H,27,37)(H,35,36)/t15?,16-,19?,21+/m0/s1. The fourth-order valence-corrected chi connectivity index (χ4v) is 6.84. The quantitative estimate of drug-likeness (QED) is 0.0994. The maximum absolute atomic E-state index is 13.5. The molecule has 3 aliphatic rings. The number of amides is 7. The number of imide groups is 1. The summed E-state index contributed by atoms with van der Waals surface area (Å²) in [4.78, 5) is 88.4. The van der Waals surface area contributed by atoms with Crippen LogP contribution in [0, 0.1) is 0 Å². The highest BCUT2D eigenvalue weighted by molar-refractivity contribution is 8.00. The van der Waals surface area contributed by atoms with Crippen molar-refractivity contribution in [1.29, 1.82) is 0 Å². The Kier molecular flexibility index (Phi) is 8.95. The van der Waals surface area contributed by atoms with Gasteiger partial charge in [-0.05, 0) is 5.56 Å². The molecule has 230 valence electrons. The van der Waals surface area contributed by atoms with E-state index in [-0.39, 0.29) is 36.4 Å². The van der Waals surface area contributed by atoms with Crippen LogP contribution < -0.4 is 16.0 Å². The number of esters is 1. The molecule has 4 N–H and O–H groups in total. The van der Waals surface area contributed by atoms with Gasteiger partial charge in [0.25, 0.3) is 5.91 Å². The van der Waals surface area contributed by atoms with Gasteiger partial charge >= 0.3 is 24.0 Å². The van der Waals surface area contributed by atoms with Gasteiger partial charge < -0.3 is 25.8 Å². The van der Waals surface area contributed by atoms with Crippen molar-refractivity contribution in [1.82, 2.24) is 30.1 Å². The maximum Gasteiger partial charge on any atom is 0.352 e. The number of hydrogen-bond donors (Lipinski definition) is 4. The van der Waals surface area contributed by atoms with Crippen molar-refractivity contribution in [3.63, 3.8) is 0 Å². The van der Waals surface area contributed by atoms with E-state index in [1.807, 2.05) is 0 Å². The van der Waals surface area contributed by atoms with Crippen LogP contribution >= 0.6 is 11.8 Å². The summed E-state index contributed by atoms with van der Waals surface area (Å²) in [5.74, 6) is -4.11. The monoisotopic (exact) mass is 638 g/mol. The van der Waals surface area contributed by atoms with Crippen LogP contribution in [-0.2, 0) is 38.7 Å². The Balaban J connectivity index is 1.54. The van der Waals surface area contributed by atoms with Crippen LogP contribution in [0.2, 0.25) is 0 Å². The van der Waals surface area contributed by atoms with Crippen molar-refractivity contribution >= 4 is 64.0 Å². The summed E-state index contributed by atoms with van der Waals surface area (Å²) in [7, 11) is -3.93. The van der Waals surface area contributed by atoms with E-state index in [1.165, 1.54) is 12.1 Å². The molecule has 3 aliphatic heterocycles. The number of hydrogen-bond acceptors (Lipinski definition) is 11. The zero-order valence-corrected chi connectivity index (χ0v) is 24.2. The Morgan fingerprint density at radius 1 is 1.14 bits per heavy atom. The molecule has 0 radical (unpaired) electrons. The number of carbonyl (C=O) groups is 7. The second kappa shape index (κ2) is 12.3. The molecule has 7 amide bonds. The number of aliphatic carboxylic acids is 1. The van der Waals surface area contributed by atoms with Crippen molar-refractivity contribution in [3.8, 4) is 0 Å². The second-order valence-corrected chi connectivity index (χ2v) is 12.4. The number of carboxylic acid groups (broad SMARTS) is 1. The molecule has 2 fully saturated rings. The minimum Gasteiger partial charge on any atom is -0.477 e. The van der Waals surface area contributed by atoms with Crippen molar-refractivity contribution in [2.24, 2.45) is 0 Å². The van der Waals surface area contributed by atoms with E-state index >= 15 is 0 Å². The Morgan fingerprint density at radius 2 is 1.81 bits per heavy atom. The zero-order chi connectivity index (χ0) is 31.6. The molecular formula is C24H26N6O11S2. The molecule has 0 saturated carbocycles. The molecule has 4 atom stereocenters.